The number of pyridine rings is 1. The molecule has 1 radical (unpaired) electrons. The molecule has 2 aromatic rings. The standard InChI is InChI=1S/C11H7FNO/c12-11-9(4-1-5-10(11)14)8-3-2-6-13-7-8/h1-7H. The minimum absolute atomic E-state index is 0.297. The highest BCUT2D eigenvalue weighted by molar-refractivity contribution is 5.64. The lowest BCUT2D eigenvalue weighted by Crippen LogP contribution is -1.84. The first kappa shape index (κ1) is 8.69. The Morgan fingerprint density at radius 3 is 2.71 bits per heavy atom. The van der Waals surface area contributed by atoms with Gasteiger partial charge in [0.2, 0.25) is 5.75 Å². The summed E-state index contributed by atoms with van der Waals surface area (Å²) < 4.78 is 13.3. The highest BCUT2D eigenvalue weighted by Gasteiger charge is 2.09. The van der Waals surface area contributed by atoms with Crippen LogP contribution in [0.3, 0.4) is 0 Å². The summed E-state index contributed by atoms with van der Waals surface area (Å²) in [6.07, 6.45) is 3.13. The summed E-state index contributed by atoms with van der Waals surface area (Å²) in [5.74, 6) is -1.31. The Labute approximate surface area is 80.7 Å². The minimum Gasteiger partial charge on any atom is -0.287 e. The molecule has 0 saturated heterocycles. The highest BCUT2D eigenvalue weighted by Crippen LogP contribution is 2.27. The fourth-order valence-electron chi connectivity index (χ4n) is 1.26. The van der Waals surface area contributed by atoms with Gasteiger partial charge in [-0.3, -0.25) is 10.1 Å². The summed E-state index contributed by atoms with van der Waals surface area (Å²) in [7, 11) is 0. The molecule has 14 heavy (non-hydrogen) atoms. The van der Waals surface area contributed by atoms with E-state index in [2.05, 4.69) is 4.98 Å². The normalized spacial score (nSPS) is 10.1. The summed E-state index contributed by atoms with van der Waals surface area (Å²) in [6, 6.07) is 7.72. The molecule has 0 aliphatic carbocycles. The van der Waals surface area contributed by atoms with E-state index in [4.69, 9.17) is 0 Å². The lowest BCUT2D eigenvalue weighted by atomic mass is 10.1. The second kappa shape index (κ2) is 3.46. The number of nitrogens with zero attached hydrogens (tertiary/aromatic N) is 1. The third-order valence-corrected chi connectivity index (χ3v) is 1.94. The number of benzene rings is 1. The van der Waals surface area contributed by atoms with E-state index >= 15 is 0 Å². The van der Waals surface area contributed by atoms with Crippen molar-refractivity contribution in [3.05, 3.63) is 48.5 Å². The Morgan fingerprint density at radius 1 is 1.14 bits per heavy atom. The van der Waals surface area contributed by atoms with E-state index < -0.39 is 11.6 Å². The molecule has 1 aromatic carbocycles. The van der Waals surface area contributed by atoms with Gasteiger partial charge in [0.25, 0.3) is 0 Å². The zero-order valence-corrected chi connectivity index (χ0v) is 7.27. The van der Waals surface area contributed by atoms with E-state index in [1.165, 1.54) is 18.3 Å². The zero-order valence-electron chi connectivity index (χ0n) is 7.27. The van der Waals surface area contributed by atoms with Crippen LogP contribution < -0.4 is 0 Å². The smallest absolute Gasteiger partial charge is 0.214 e. The molecule has 0 spiro atoms. The van der Waals surface area contributed by atoms with Crippen LogP contribution in [0.4, 0.5) is 4.39 Å². The summed E-state index contributed by atoms with van der Waals surface area (Å²) in [5.41, 5.74) is 0.910. The van der Waals surface area contributed by atoms with Gasteiger partial charge in [0.05, 0.1) is 0 Å². The molecule has 69 valence electrons. The third-order valence-electron chi connectivity index (χ3n) is 1.94. The molecule has 2 nitrogen and oxygen atoms in total. The average Bonchev–Trinajstić information content (AvgIpc) is 2.23. The second-order valence-corrected chi connectivity index (χ2v) is 2.86. The molecule has 0 N–H and O–H groups in total. The summed E-state index contributed by atoms with van der Waals surface area (Å²) in [6.45, 7) is 0. The molecule has 0 fully saturated rings. The molecular formula is C11H7FNO. The first-order valence-electron chi connectivity index (χ1n) is 4.15. The SMILES string of the molecule is [O]c1cccc(-c2cccnc2)c1F. The Hall–Kier alpha value is -1.90. The molecule has 0 atom stereocenters. The number of hydrogen-bond acceptors (Lipinski definition) is 1. The molecule has 0 bridgehead atoms. The Kier molecular flexibility index (Phi) is 2.14. The maximum absolute atomic E-state index is 13.3. The van der Waals surface area contributed by atoms with Crippen molar-refractivity contribution in [2.24, 2.45) is 0 Å². The van der Waals surface area contributed by atoms with Gasteiger partial charge >= 0.3 is 0 Å². The van der Waals surface area contributed by atoms with Gasteiger partial charge in [-0.25, -0.2) is 4.39 Å². The molecule has 0 unspecified atom stereocenters. The molecule has 0 aliphatic rings. The van der Waals surface area contributed by atoms with Crippen LogP contribution in [-0.2, 0) is 5.11 Å². The van der Waals surface area contributed by atoms with Crippen LogP contribution in [0.2, 0.25) is 0 Å². The van der Waals surface area contributed by atoms with Crippen molar-refractivity contribution < 1.29 is 9.50 Å². The Balaban J connectivity index is 2.58. The first-order valence-corrected chi connectivity index (χ1v) is 4.15. The third kappa shape index (κ3) is 1.44. The fraction of sp³-hybridized carbons (Fsp3) is 0. The summed E-state index contributed by atoms with van der Waals surface area (Å²) in [4.78, 5) is 3.86. The van der Waals surface area contributed by atoms with E-state index in [9.17, 15) is 9.50 Å². The second-order valence-electron chi connectivity index (χ2n) is 2.86. The predicted molar refractivity (Wildman–Crippen MR) is 49.8 cm³/mol. The van der Waals surface area contributed by atoms with Crippen LogP contribution in [0.15, 0.2) is 42.7 Å². The van der Waals surface area contributed by atoms with Crippen molar-refractivity contribution in [2.45, 2.75) is 0 Å². The Morgan fingerprint density at radius 2 is 2.00 bits per heavy atom. The van der Waals surface area contributed by atoms with Crippen LogP contribution in [0, 0.1) is 5.82 Å². The van der Waals surface area contributed by atoms with Crippen molar-refractivity contribution in [3.8, 4) is 16.9 Å². The van der Waals surface area contributed by atoms with Crippen LogP contribution in [-0.4, -0.2) is 4.98 Å². The molecule has 0 saturated carbocycles. The largest absolute Gasteiger partial charge is 0.287 e. The lowest BCUT2D eigenvalue weighted by Gasteiger charge is -2.01. The van der Waals surface area contributed by atoms with Crippen molar-refractivity contribution in [1.82, 2.24) is 4.98 Å². The highest BCUT2D eigenvalue weighted by atomic mass is 19.1. The first-order chi connectivity index (χ1) is 6.79. The van der Waals surface area contributed by atoms with E-state index in [0.717, 1.165) is 0 Å². The number of rotatable bonds is 1. The fourth-order valence-corrected chi connectivity index (χ4v) is 1.26. The van der Waals surface area contributed by atoms with Crippen molar-refractivity contribution in [3.63, 3.8) is 0 Å². The maximum Gasteiger partial charge on any atom is 0.214 e. The van der Waals surface area contributed by atoms with Crippen LogP contribution in [0.25, 0.3) is 11.1 Å². The Bertz CT molecular complexity index is 442. The molecule has 0 aliphatic heterocycles. The minimum atomic E-state index is -0.722. The average molecular weight is 188 g/mol. The van der Waals surface area contributed by atoms with E-state index in [-0.39, 0.29) is 0 Å². The van der Waals surface area contributed by atoms with Gasteiger partial charge in [0.15, 0.2) is 5.82 Å². The summed E-state index contributed by atoms with van der Waals surface area (Å²) in [5, 5.41) is 11.0. The molecule has 2 rings (SSSR count). The quantitative estimate of drug-likeness (QED) is 0.677. The summed E-state index contributed by atoms with van der Waals surface area (Å²) >= 11 is 0. The van der Waals surface area contributed by atoms with Crippen molar-refractivity contribution in [2.75, 3.05) is 0 Å². The van der Waals surface area contributed by atoms with E-state index in [1.54, 1.807) is 24.4 Å². The number of hydrogen-bond donors (Lipinski definition) is 0. The molecule has 1 heterocycles. The van der Waals surface area contributed by atoms with Gasteiger partial charge < -0.3 is 0 Å². The maximum atomic E-state index is 13.3. The van der Waals surface area contributed by atoms with Crippen LogP contribution in [0.1, 0.15) is 0 Å². The number of aromatic nitrogens is 1. The predicted octanol–water partition coefficient (Wildman–Crippen LogP) is 3.03. The molecular weight excluding hydrogens is 181 g/mol. The van der Waals surface area contributed by atoms with Gasteiger partial charge in [-0.05, 0) is 12.1 Å². The number of halogens is 1. The monoisotopic (exact) mass is 188 g/mol. The zero-order chi connectivity index (χ0) is 9.97. The molecule has 0 amide bonds. The van der Waals surface area contributed by atoms with Gasteiger partial charge in [-0.1, -0.05) is 18.2 Å². The molecule has 1 aromatic heterocycles. The van der Waals surface area contributed by atoms with E-state index in [0.29, 0.717) is 11.1 Å². The van der Waals surface area contributed by atoms with Gasteiger partial charge in [-0.15, -0.1) is 0 Å². The van der Waals surface area contributed by atoms with Gasteiger partial charge in [0, 0.05) is 23.5 Å². The van der Waals surface area contributed by atoms with E-state index in [1.807, 2.05) is 0 Å². The van der Waals surface area contributed by atoms with Gasteiger partial charge in [-0.2, -0.15) is 0 Å². The van der Waals surface area contributed by atoms with Crippen molar-refractivity contribution in [1.29, 1.82) is 0 Å². The topological polar surface area (TPSA) is 32.8 Å². The van der Waals surface area contributed by atoms with Crippen molar-refractivity contribution >= 4 is 0 Å². The van der Waals surface area contributed by atoms with Gasteiger partial charge in [0.1, 0.15) is 0 Å². The molecule has 3 heteroatoms. The van der Waals surface area contributed by atoms with Crippen LogP contribution >= 0.6 is 0 Å². The van der Waals surface area contributed by atoms with Crippen LogP contribution in [0.5, 0.6) is 5.75 Å². The lowest BCUT2D eigenvalue weighted by molar-refractivity contribution is 0.330.